The Labute approximate surface area is 90.7 Å². The van der Waals surface area contributed by atoms with E-state index in [9.17, 15) is 17.6 Å². The molecule has 0 saturated carbocycles. The van der Waals surface area contributed by atoms with Crippen molar-refractivity contribution < 1.29 is 17.6 Å². The second kappa shape index (κ2) is 4.27. The van der Waals surface area contributed by atoms with Gasteiger partial charge < -0.3 is 5.32 Å². The van der Waals surface area contributed by atoms with E-state index in [1.54, 1.807) is 0 Å². The van der Waals surface area contributed by atoms with Crippen LogP contribution in [0, 0.1) is 28.9 Å². The molecule has 0 amide bonds. The van der Waals surface area contributed by atoms with E-state index >= 15 is 0 Å². The Hall–Kier alpha value is -1.33. The Kier molecular flexibility index (Phi) is 3.40. The number of rotatable bonds is 2. The van der Waals surface area contributed by atoms with E-state index < -0.39 is 29.2 Å². The van der Waals surface area contributed by atoms with Crippen LogP contribution in [0.2, 0.25) is 0 Å². The molecule has 16 heavy (non-hydrogen) atoms. The third kappa shape index (κ3) is 2.84. The van der Waals surface area contributed by atoms with Gasteiger partial charge in [0.15, 0.2) is 0 Å². The highest BCUT2D eigenvalue weighted by Gasteiger charge is 2.21. The normalized spacial score (nSPS) is 11.7. The lowest BCUT2D eigenvalue weighted by molar-refractivity contribution is 0.403. The van der Waals surface area contributed by atoms with Crippen LogP contribution in [0.25, 0.3) is 0 Å². The molecule has 0 radical (unpaired) electrons. The van der Waals surface area contributed by atoms with Crippen molar-refractivity contribution in [3.8, 4) is 0 Å². The molecule has 0 atom stereocenters. The molecule has 90 valence electrons. The van der Waals surface area contributed by atoms with E-state index in [-0.39, 0.29) is 12.0 Å². The molecular weight excluding hydrogens is 224 g/mol. The Morgan fingerprint density at radius 2 is 1.44 bits per heavy atom. The second-order valence-corrected chi connectivity index (χ2v) is 4.61. The first-order chi connectivity index (χ1) is 7.22. The zero-order valence-electron chi connectivity index (χ0n) is 9.17. The summed E-state index contributed by atoms with van der Waals surface area (Å²) in [6, 6.07) is 0. The van der Waals surface area contributed by atoms with Gasteiger partial charge in [0, 0.05) is 6.54 Å². The summed E-state index contributed by atoms with van der Waals surface area (Å²) in [5.74, 6) is -6.34. The molecule has 1 rings (SSSR count). The maximum Gasteiger partial charge on any atom is 0.253 e. The number of pyridine rings is 1. The van der Waals surface area contributed by atoms with E-state index in [1.807, 2.05) is 20.8 Å². The van der Waals surface area contributed by atoms with Crippen LogP contribution < -0.4 is 5.32 Å². The van der Waals surface area contributed by atoms with Crippen LogP contribution in [0.15, 0.2) is 0 Å². The molecule has 2 nitrogen and oxygen atoms in total. The molecule has 0 spiro atoms. The lowest BCUT2D eigenvalue weighted by atomic mass is 9.97. The molecule has 6 heteroatoms. The highest BCUT2D eigenvalue weighted by Crippen LogP contribution is 2.23. The summed E-state index contributed by atoms with van der Waals surface area (Å²) < 4.78 is 51.6. The monoisotopic (exact) mass is 236 g/mol. The SMILES string of the molecule is CC(C)(C)CNc1c(F)c(F)nc(F)c1F. The van der Waals surface area contributed by atoms with Crippen molar-refractivity contribution in [2.75, 3.05) is 11.9 Å². The minimum atomic E-state index is -1.66. The molecule has 0 bridgehead atoms. The van der Waals surface area contributed by atoms with Gasteiger partial charge in [0.2, 0.25) is 11.6 Å². The van der Waals surface area contributed by atoms with Gasteiger partial charge in [0.25, 0.3) is 11.9 Å². The lowest BCUT2D eigenvalue weighted by Crippen LogP contribution is -2.21. The van der Waals surface area contributed by atoms with Crippen LogP contribution in [-0.2, 0) is 0 Å². The van der Waals surface area contributed by atoms with Gasteiger partial charge in [0.05, 0.1) is 0 Å². The summed E-state index contributed by atoms with van der Waals surface area (Å²) in [6.45, 7) is 5.60. The first-order valence-corrected chi connectivity index (χ1v) is 4.66. The minimum absolute atomic E-state index is 0.170. The lowest BCUT2D eigenvalue weighted by Gasteiger charge is -2.20. The van der Waals surface area contributed by atoms with Crippen LogP contribution in [-0.4, -0.2) is 11.5 Å². The molecule has 1 N–H and O–H groups in total. The van der Waals surface area contributed by atoms with Crippen molar-refractivity contribution >= 4 is 5.69 Å². The summed E-state index contributed by atoms with van der Waals surface area (Å²) in [4.78, 5) is 2.45. The van der Waals surface area contributed by atoms with E-state index in [1.165, 1.54) is 0 Å². The molecule has 1 heterocycles. The summed E-state index contributed by atoms with van der Waals surface area (Å²) >= 11 is 0. The van der Waals surface area contributed by atoms with Crippen LogP contribution in [0.4, 0.5) is 23.2 Å². The van der Waals surface area contributed by atoms with Gasteiger partial charge in [-0.1, -0.05) is 20.8 Å². The van der Waals surface area contributed by atoms with Gasteiger partial charge in [0.1, 0.15) is 5.69 Å². The van der Waals surface area contributed by atoms with E-state index in [0.717, 1.165) is 0 Å². The first kappa shape index (κ1) is 12.7. The number of hydrogen-bond acceptors (Lipinski definition) is 2. The van der Waals surface area contributed by atoms with E-state index in [0.29, 0.717) is 0 Å². The zero-order valence-corrected chi connectivity index (χ0v) is 9.17. The molecule has 0 aliphatic rings. The predicted molar refractivity (Wildman–Crippen MR) is 52.0 cm³/mol. The molecule has 1 aromatic rings. The Morgan fingerprint density at radius 1 is 1.00 bits per heavy atom. The van der Waals surface area contributed by atoms with Crippen LogP contribution in [0.3, 0.4) is 0 Å². The largest absolute Gasteiger partial charge is 0.379 e. The highest BCUT2D eigenvalue weighted by molar-refractivity contribution is 5.45. The van der Waals surface area contributed by atoms with Crippen molar-refractivity contribution in [2.45, 2.75) is 20.8 Å². The van der Waals surface area contributed by atoms with Crippen molar-refractivity contribution in [3.63, 3.8) is 0 Å². The molecule has 0 aromatic carbocycles. The number of nitrogens with one attached hydrogen (secondary N) is 1. The van der Waals surface area contributed by atoms with Crippen LogP contribution >= 0.6 is 0 Å². The summed E-state index contributed by atoms with van der Waals surface area (Å²) in [6.07, 6.45) is 0. The smallest absolute Gasteiger partial charge is 0.253 e. The summed E-state index contributed by atoms with van der Waals surface area (Å²) in [7, 11) is 0. The third-order valence-electron chi connectivity index (χ3n) is 1.79. The summed E-state index contributed by atoms with van der Waals surface area (Å²) in [5, 5.41) is 2.33. The maximum atomic E-state index is 13.1. The average Bonchev–Trinajstić information content (AvgIpc) is 2.13. The van der Waals surface area contributed by atoms with Gasteiger partial charge in [-0.25, -0.2) is 0 Å². The highest BCUT2D eigenvalue weighted by atomic mass is 19.2. The van der Waals surface area contributed by atoms with Gasteiger partial charge in [-0.05, 0) is 5.41 Å². The number of anilines is 1. The van der Waals surface area contributed by atoms with Gasteiger partial charge in [-0.2, -0.15) is 22.5 Å². The number of halogens is 4. The molecule has 0 unspecified atom stereocenters. The second-order valence-electron chi connectivity index (χ2n) is 4.61. The van der Waals surface area contributed by atoms with E-state index in [2.05, 4.69) is 10.3 Å². The van der Waals surface area contributed by atoms with Crippen molar-refractivity contribution in [2.24, 2.45) is 5.41 Å². The van der Waals surface area contributed by atoms with Crippen molar-refractivity contribution in [1.82, 2.24) is 4.98 Å². The summed E-state index contributed by atoms with van der Waals surface area (Å²) in [5.41, 5.74) is -1.10. The fourth-order valence-electron chi connectivity index (χ4n) is 0.996. The van der Waals surface area contributed by atoms with Crippen LogP contribution in [0.1, 0.15) is 20.8 Å². The molecular formula is C10H12F4N2. The third-order valence-corrected chi connectivity index (χ3v) is 1.79. The first-order valence-electron chi connectivity index (χ1n) is 4.66. The molecule has 0 aliphatic heterocycles. The average molecular weight is 236 g/mol. The Balaban J connectivity index is 3.04. The Morgan fingerprint density at radius 3 is 1.81 bits per heavy atom. The van der Waals surface area contributed by atoms with Gasteiger partial charge >= 0.3 is 0 Å². The number of aromatic nitrogens is 1. The zero-order chi connectivity index (χ0) is 12.5. The maximum absolute atomic E-state index is 13.1. The molecule has 0 saturated heterocycles. The Bertz CT molecular complexity index is 373. The van der Waals surface area contributed by atoms with Crippen LogP contribution in [0.5, 0.6) is 0 Å². The topological polar surface area (TPSA) is 24.9 Å². The standard InChI is InChI=1S/C10H12F4N2/c1-10(2,3)4-15-7-5(11)8(13)16-9(14)6(7)12/h4H2,1-3H3,(H,15,16). The number of nitrogens with zero attached hydrogens (tertiary/aromatic N) is 1. The number of hydrogen-bond donors (Lipinski definition) is 1. The molecule has 0 fully saturated rings. The van der Waals surface area contributed by atoms with Gasteiger partial charge in [-0.15, -0.1) is 0 Å². The van der Waals surface area contributed by atoms with Gasteiger partial charge in [-0.3, -0.25) is 0 Å². The predicted octanol–water partition coefficient (Wildman–Crippen LogP) is 3.10. The molecule has 0 aliphatic carbocycles. The fourth-order valence-corrected chi connectivity index (χ4v) is 0.996. The fraction of sp³-hybridized carbons (Fsp3) is 0.500. The van der Waals surface area contributed by atoms with Crippen molar-refractivity contribution in [3.05, 3.63) is 23.5 Å². The van der Waals surface area contributed by atoms with Crippen molar-refractivity contribution in [1.29, 1.82) is 0 Å². The molecule has 1 aromatic heterocycles. The minimum Gasteiger partial charge on any atom is -0.379 e. The quantitative estimate of drug-likeness (QED) is 0.630. The van der Waals surface area contributed by atoms with E-state index in [4.69, 9.17) is 0 Å².